The summed E-state index contributed by atoms with van der Waals surface area (Å²) in [5, 5.41) is 3.05. The molecule has 3 heteroatoms. The number of nitrogens with two attached hydrogens (primary N) is 1. The zero-order valence-corrected chi connectivity index (χ0v) is 13.7. The second-order valence-corrected chi connectivity index (χ2v) is 7.31. The van der Waals surface area contributed by atoms with Gasteiger partial charge in [-0.15, -0.1) is 0 Å². The van der Waals surface area contributed by atoms with Crippen LogP contribution in [0.5, 0.6) is 0 Å². The average molecular weight is 288 g/mol. The topological polar surface area (TPSA) is 55.1 Å². The Morgan fingerprint density at radius 2 is 1.81 bits per heavy atom. The summed E-state index contributed by atoms with van der Waals surface area (Å²) in [5.41, 5.74) is 9.88. The number of hydrogen-bond donors (Lipinski definition) is 2. The van der Waals surface area contributed by atoms with Crippen LogP contribution in [0.3, 0.4) is 0 Å². The monoisotopic (exact) mass is 288 g/mol. The molecule has 0 bridgehead atoms. The van der Waals surface area contributed by atoms with E-state index >= 15 is 0 Å². The molecule has 1 aromatic carbocycles. The third-order valence-electron chi connectivity index (χ3n) is 4.45. The summed E-state index contributed by atoms with van der Waals surface area (Å²) < 4.78 is 0. The summed E-state index contributed by atoms with van der Waals surface area (Å²) in [6.45, 7) is 7.99. The molecule has 1 amide bonds. The average Bonchev–Trinajstić information content (AvgIpc) is 2.44. The predicted octanol–water partition coefficient (Wildman–Crippen LogP) is 3.12. The minimum atomic E-state index is -0.488. The molecule has 0 aliphatic heterocycles. The molecule has 2 atom stereocenters. The summed E-state index contributed by atoms with van der Waals surface area (Å²) in [6, 6.07) is 6.12. The van der Waals surface area contributed by atoms with Gasteiger partial charge in [0.15, 0.2) is 0 Å². The van der Waals surface area contributed by atoms with E-state index < -0.39 is 6.04 Å². The van der Waals surface area contributed by atoms with Crippen molar-refractivity contribution < 1.29 is 4.79 Å². The highest BCUT2D eigenvalue weighted by Crippen LogP contribution is 2.25. The van der Waals surface area contributed by atoms with Crippen molar-refractivity contribution in [2.75, 3.05) is 0 Å². The van der Waals surface area contributed by atoms with Gasteiger partial charge in [-0.2, -0.15) is 0 Å². The quantitative estimate of drug-likeness (QED) is 0.898. The molecule has 0 heterocycles. The summed E-state index contributed by atoms with van der Waals surface area (Å²) >= 11 is 0. The van der Waals surface area contributed by atoms with Crippen LogP contribution >= 0.6 is 0 Å². The molecule has 0 fully saturated rings. The van der Waals surface area contributed by atoms with Crippen molar-refractivity contribution in [3.8, 4) is 0 Å². The molecule has 3 N–H and O–H groups in total. The van der Waals surface area contributed by atoms with E-state index in [-0.39, 0.29) is 17.4 Å². The number of hydrogen-bond acceptors (Lipinski definition) is 2. The molecule has 1 aromatic rings. The maximum Gasteiger partial charge on any atom is 0.237 e. The van der Waals surface area contributed by atoms with E-state index in [1.54, 1.807) is 0 Å². The maximum absolute atomic E-state index is 12.2. The van der Waals surface area contributed by atoms with Gasteiger partial charge < -0.3 is 11.1 Å². The summed E-state index contributed by atoms with van der Waals surface area (Å²) in [7, 11) is 0. The molecular weight excluding hydrogens is 260 g/mol. The van der Waals surface area contributed by atoms with E-state index in [4.69, 9.17) is 5.73 Å². The first kappa shape index (κ1) is 16.0. The van der Waals surface area contributed by atoms with E-state index in [0.29, 0.717) is 0 Å². The second-order valence-electron chi connectivity index (χ2n) is 7.31. The maximum atomic E-state index is 12.2. The van der Waals surface area contributed by atoms with E-state index in [1.807, 2.05) is 27.7 Å². The highest BCUT2D eigenvalue weighted by atomic mass is 16.2. The number of fused-ring (bicyclic) bond motifs is 1. The number of rotatable bonds is 3. The number of carbonyl (C=O) groups is 1. The highest BCUT2D eigenvalue weighted by molar-refractivity contribution is 5.82. The predicted molar refractivity (Wildman–Crippen MR) is 87.1 cm³/mol. The summed E-state index contributed by atoms with van der Waals surface area (Å²) in [6.07, 6.45) is 4.90. The number of nitrogens with one attached hydrogen (secondary N) is 1. The summed E-state index contributed by atoms with van der Waals surface area (Å²) in [5.74, 6) is -0.0762. The first-order chi connectivity index (χ1) is 9.79. The van der Waals surface area contributed by atoms with Crippen molar-refractivity contribution in [3.05, 3.63) is 34.9 Å². The van der Waals surface area contributed by atoms with E-state index in [1.165, 1.54) is 36.0 Å². The lowest BCUT2D eigenvalue weighted by Gasteiger charge is -2.28. The van der Waals surface area contributed by atoms with Gasteiger partial charge in [-0.3, -0.25) is 4.79 Å². The van der Waals surface area contributed by atoms with Gasteiger partial charge in [-0.25, -0.2) is 0 Å². The van der Waals surface area contributed by atoms with Gasteiger partial charge >= 0.3 is 0 Å². The molecular formula is C18H28N2O. The Morgan fingerprint density at radius 3 is 2.43 bits per heavy atom. The van der Waals surface area contributed by atoms with Crippen molar-refractivity contribution in [1.82, 2.24) is 5.32 Å². The van der Waals surface area contributed by atoms with Crippen molar-refractivity contribution in [1.29, 1.82) is 0 Å². The molecule has 1 aliphatic carbocycles. The molecule has 116 valence electrons. The van der Waals surface area contributed by atoms with Gasteiger partial charge in [-0.1, -0.05) is 39.0 Å². The van der Waals surface area contributed by atoms with Crippen LogP contribution in [0.25, 0.3) is 0 Å². The fourth-order valence-electron chi connectivity index (χ4n) is 2.80. The molecule has 1 unspecified atom stereocenters. The lowest BCUT2D eigenvalue weighted by atomic mass is 9.86. The Bertz CT molecular complexity index is 516. The van der Waals surface area contributed by atoms with Crippen molar-refractivity contribution in [3.63, 3.8) is 0 Å². The first-order valence-corrected chi connectivity index (χ1v) is 7.96. The van der Waals surface area contributed by atoms with E-state index in [9.17, 15) is 4.79 Å². The smallest absolute Gasteiger partial charge is 0.237 e. The molecule has 0 aromatic heterocycles. The Balaban J connectivity index is 2.07. The lowest BCUT2D eigenvalue weighted by molar-refractivity contribution is -0.125. The van der Waals surface area contributed by atoms with Crippen molar-refractivity contribution in [2.45, 2.75) is 65.5 Å². The third-order valence-corrected chi connectivity index (χ3v) is 4.45. The van der Waals surface area contributed by atoms with Crippen LogP contribution in [0.15, 0.2) is 18.2 Å². The number of carbonyl (C=O) groups excluding carboxylic acids is 1. The largest absolute Gasteiger partial charge is 0.348 e. The molecule has 3 nitrogen and oxygen atoms in total. The molecule has 0 saturated carbocycles. The van der Waals surface area contributed by atoms with Gasteiger partial charge in [0.05, 0.1) is 12.1 Å². The van der Waals surface area contributed by atoms with Crippen LogP contribution in [0.2, 0.25) is 0 Å². The first-order valence-electron chi connectivity index (χ1n) is 7.96. The van der Waals surface area contributed by atoms with E-state index in [2.05, 4.69) is 23.5 Å². The molecule has 21 heavy (non-hydrogen) atoms. The Hall–Kier alpha value is -1.35. The standard InChI is InChI=1S/C18H28N2O/c1-12(20-17(21)16(19)18(2,3)4)14-10-9-13-7-5-6-8-15(13)11-14/h9-12,16H,5-8,19H2,1-4H3,(H,20,21)/t12?,16-/m1/s1. The minimum Gasteiger partial charge on any atom is -0.348 e. The van der Waals surface area contributed by atoms with Crippen LogP contribution < -0.4 is 11.1 Å². The molecule has 0 radical (unpaired) electrons. The molecule has 0 saturated heterocycles. The zero-order chi connectivity index (χ0) is 15.6. The van der Waals surface area contributed by atoms with Gasteiger partial charge in [0.2, 0.25) is 5.91 Å². The molecule has 1 aliphatic rings. The number of amides is 1. The van der Waals surface area contributed by atoms with Crippen LogP contribution in [0, 0.1) is 5.41 Å². The van der Waals surface area contributed by atoms with Crippen LogP contribution in [-0.2, 0) is 17.6 Å². The SMILES string of the molecule is CC(NC(=O)[C@@H](N)C(C)(C)C)c1ccc2c(c1)CCCC2. The van der Waals surface area contributed by atoms with Gasteiger partial charge in [-0.05, 0) is 54.7 Å². The van der Waals surface area contributed by atoms with Crippen LogP contribution in [0.1, 0.15) is 63.3 Å². The Kier molecular flexibility index (Phi) is 4.72. The molecule has 0 spiro atoms. The fraction of sp³-hybridized carbons (Fsp3) is 0.611. The second kappa shape index (κ2) is 6.18. The van der Waals surface area contributed by atoms with Gasteiger partial charge in [0.1, 0.15) is 0 Å². The fourth-order valence-corrected chi connectivity index (χ4v) is 2.80. The number of benzene rings is 1. The molecule has 2 rings (SSSR count). The van der Waals surface area contributed by atoms with Crippen LogP contribution in [0.4, 0.5) is 0 Å². The summed E-state index contributed by atoms with van der Waals surface area (Å²) in [4.78, 5) is 12.2. The van der Waals surface area contributed by atoms with Crippen molar-refractivity contribution >= 4 is 5.91 Å². The normalized spacial score (nSPS) is 17.8. The van der Waals surface area contributed by atoms with Gasteiger partial charge in [0.25, 0.3) is 0 Å². The van der Waals surface area contributed by atoms with E-state index in [0.717, 1.165) is 6.42 Å². The minimum absolute atomic E-state index is 0.00173. The zero-order valence-electron chi connectivity index (χ0n) is 13.7. The Labute approximate surface area is 128 Å². The number of aryl methyl sites for hydroxylation is 2. The third kappa shape index (κ3) is 3.85. The Morgan fingerprint density at radius 1 is 1.19 bits per heavy atom. The van der Waals surface area contributed by atoms with Crippen LogP contribution in [-0.4, -0.2) is 11.9 Å². The lowest BCUT2D eigenvalue weighted by Crippen LogP contribution is -2.49. The van der Waals surface area contributed by atoms with Crippen molar-refractivity contribution in [2.24, 2.45) is 11.1 Å². The van der Waals surface area contributed by atoms with Gasteiger partial charge in [0, 0.05) is 0 Å². The highest BCUT2D eigenvalue weighted by Gasteiger charge is 2.28.